The highest BCUT2D eigenvalue weighted by Crippen LogP contribution is 2.33. The molecule has 0 aliphatic carbocycles. The Kier molecular flexibility index (Phi) is 2.13. The van der Waals surface area contributed by atoms with Crippen molar-refractivity contribution in [3.63, 3.8) is 0 Å². The number of carboxylic acid groups (broad SMARTS) is 1. The first-order valence-electron chi connectivity index (χ1n) is 4.44. The van der Waals surface area contributed by atoms with Gasteiger partial charge in [-0.3, -0.25) is 0 Å². The maximum absolute atomic E-state index is 10.9. The van der Waals surface area contributed by atoms with Crippen molar-refractivity contribution in [3.05, 3.63) is 29.3 Å². The summed E-state index contributed by atoms with van der Waals surface area (Å²) in [5.74, 6) is -0.547. The second kappa shape index (κ2) is 3.31. The summed E-state index contributed by atoms with van der Waals surface area (Å²) in [6.07, 6.45) is 0.732. The van der Waals surface area contributed by atoms with Crippen LogP contribution in [0.25, 0.3) is 0 Å². The average molecular weight is 193 g/mol. The monoisotopic (exact) mass is 193 g/mol. The first kappa shape index (κ1) is 9.02. The van der Waals surface area contributed by atoms with Gasteiger partial charge in [-0.15, -0.1) is 0 Å². The van der Waals surface area contributed by atoms with Crippen LogP contribution in [-0.4, -0.2) is 17.7 Å². The molecule has 1 aliphatic heterocycles. The zero-order valence-corrected chi connectivity index (χ0v) is 7.56. The van der Waals surface area contributed by atoms with Gasteiger partial charge in [0, 0.05) is 18.0 Å². The van der Waals surface area contributed by atoms with Crippen molar-refractivity contribution < 1.29 is 14.6 Å². The van der Waals surface area contributed by atoms with Crippen molar-refractivity contribution in [3.8, 4) is 5.75 Å². The number of carbonyl (C=O) groups is 1. The molecule has 1 aliphatic rings. The minimum atomic E-state index is -0.976. The topological polar surface area (TPSA) is 72.5 Å². The number of fused-ring (bicyclic) bond motifs is 1. The fourth-order valence-corrected chi connectivity index (χ4v) is 1.62. The van der Waals surface area contributed by atoms with Gasteiger partial charge in [-0.25, -0.2) is 4.79 Å². The Morgan fingerprint density at radius 2 is 2.36 bits per heavy atom. The van der Waals surface area contributed by atoms with Crippen molar-refractivity contribution >= 4 is 5.97 Å². The van der Waals surface area contributed by atoms with E-state index in [1.54, 1.807) is 6.07 Å². The molecular weight excluding hydrogens is 182 g/mol. The van der Waals surface area contributed by atoms with Crippen LogP contribution in [-0.2, 0) is 0 Å². The van der Waals surface area contributed by atoms with E-state index in [0.717, 1.165) is 12.0 Å². The van der Waals surface area contributed by atoms with E-state index in [2.05, 4.69) is 0 Å². The number of benzene rings is 1. The molecule has 0 saturated heterocycles. The summed E-state index contributed by atoms with van der Waals surface area (Å²) >= 11 is 0. The number of nitrogens with two attached hydrogens (primary N) is 1. The van der Waals surface area contributed by atoms with Gasteiger partial charge in [-0.1, -0.05) is 12.1 Å². The van der Waals surface area contributed by atoms with Gasteiger partial charge in [-0.2, -0.15) is 0 Å². The van der Waals surface area contributed by atoms with Crippen LogP contribution in [0.1, 0.15) is 28.4 Å². The van der Waals surface area contributed by atoms with Gasteiger partial charge in [0.2, 0.25) is 0 Å². The molecule has 0 amide bonds. The highest BCUT2D eigenvalue weighted by molar-refractivity contribution is 5.91. The van der Waals surface area contributed by atoms with Crippen LogP contribution in [0.4, 0.5) is 0 Å². The fourth-order valence-electron chi connectivity index (χ4n) is 1.62. The molecule has 0 aromatic heterocycles. The summed E-state index contributed by atoms with van der Waals surface area (Å²) in [5, 5.41) is 8.91. The number of hydrogen-bond acceptors (Lipinski definition) is 3. The minimum absolute atomic E-state index is 0.113. The first-order chi connectivity index (χ1) is 6.70. The third-order valence-corrected chi connectivity index (χ3v) is 2.35. The highest BCUT2D eigenvalue weighted by atomic mass is 16.5. The van der Waals surface area contributed by atoms with Crippen LogP contribution >= 0.6 is 0 Å². The Hall–Kier alpha value is -1.55. The van der Waals surface area contributed by atoms with Crippen LogP contribution in [0.15, 0.2) is 18.2 Å². The lowest BCUT2D eigenvalue weighted by Gasteiger charge is -2.23. The molecule has 0 bridgehead atoms. The largest absolute Gasteiger partial charge is 0.492 e. The predicted octanol–water partition coefficient (Wildman–Crippen LogP) is 1.17. The number of rotatable bonds is 1. The average Bonchev–Trinajstić information content (AvgIpc) is 2.17. The van der Waals surface area contributed by atoms with E-state index in [0.29, 0.717) is 12.4 Å². The fraction of sp³-hybridized carbons (Fsp3) is 0.300. The van der Waals surface area contributed by atoms with Crippen molar-refractivity contribution in [1.82, 2.24) is 0 Å². The lowest BCUT2D eigenvalue weighted by atomic mass is 9.98. The third kappa shape index (κ3) is 1.33. The Morgan fingerprint density at radius 1 is 1.57 bits per heavy atom. The molecule has 4 heteroatoms. The van der Waals surface area contributed by atoms with Gasteiger partial charge >= 0.3 is 5.97 Å². The van der Waals surface area contributed by atoms with Crippen molar-refractivity contribution in [2.24, 2.45) is 5.73 Å². The summed E-state index contributed by atoms with van der Waals surface area (Å²) in [6.45, 7) is 0.485. The second-order valence-electron chi connectivity index (χ2n) is 3.27. The quantitative estimate of drug-likeness (QED) is 0.702. The van der Waals surface area contributed by atoms with Crippen LogP contribution in [0.2, 0.25) is 0 Å². The van der Waals surface area contributed by atoms with E-state index in [-0.39, 0.29) is 11.6 Å². The van der Waals surface area contributed by atoms with Gasteiger partial charge in [0.05, 0.1) is 6.61 Å². The number of para-hydroxylation sites is 1. The molecule has 0 saturated carbocycles. The molecule has 1 aromatic carbocycles. The summed E-state index contributed by atoms with van der Waals surface area (Å²) in [5.41, 5.74) is 6.82. The normalized spacial score (nSPS) is 19.6. The van der Waals surface area contributed by atoms with E-state index >= 15 is 0 Å². The maximum Gasteiger partial charge on any atom is 0.339 e. The van der Waals surface area contributed by atoms with Crippen LogP contribution in [0.3, 0.4) is 0 Å². The Morgan fingerprint density at radius 3 is 3.07 bits per heavy atom. The molecule has 1 heterocycles. The molecule has 1 aromatic rings. The van der Waals surface area contributed by atoms with Crippen molar-refractivity contribution in [1.29, 1.82) is 0 Å². The smallest absolute Gasteiger partial charge is 0.339 e. The summed E-state index contributed by atoms with van der Waals surface area (Å²) < 4.78 is 5.33. The van der Waals surface area contributed by atoms with Crippen LogP contribution in [0, 0.1) is 0 Å². The van der Waals surface area contributed by atoms with E-state index < -0.39 is 5.97 Å². The highest BCUT2D eigenvalue weighted by Gasteiger charge is 2.22. The standard InChI is InChI=1S/C10H11NO3/c11-8-4-5-14-9-6(8)2-1-3-7(9)10(12)13/h1-3,8H,4-5,11H2,(H,12,13)/t8-/m0/s1. The van der Waals surface area contributed by atoms with Gasteiger partial charge in [0.1, 0.15) is 11.3 Å². The molecule has 0 radical (unpaired) electrons. The number of carboxylic acids is 1. The summed E-state index contributed by atoms with van der Waals surface area (Å²) in [6, 6.07) is 4.92. The molecule has 0 unspecified atom stereocenters. The Bertz CT molecular complexity index is 376. The number of aromatic carboxylic acids is 1. The minimum Gasteiger partial charge on any atom is -0.492 e. The first-order valence-corrected chi connectivity index (χ1v) is 4.44. The van der Waals surface area contributed by atoms with Crippen LogP contribution < -0.4 is 10.5 Å². The molecule has 3 N–H and O–H groups in total. The van der Waals surface area contributed by atoms with Gasteiger partial charge in [0.15, 0.2) is 0 Å². The van der Waals surface area contributed by atoms with Crippen molar-refractivity contribution in [2.75, 3.05) is 6.61 Å². The zero-order valence-electron chi connectivity index (χ0n) is 7.56. The molecular formula is C10H11NO3. The summed E-state index contributed by atoms with van der Waals surface area (Å²) in [4.78, 5) is 10.9. The number of hydrogen-bond donors (Lipinski definition) is 2. The van der Waals surface area contributed by atoms with Gasteiger partial charge in [0.25, 0.3) is 0 Å². The summed E-state index contributed by atoms with van der Waals surface area (Å²) in [7, 11) is 0. The molecule has 14 heavy (non-hydrogen) atoms. The van der Waals surface area contributed by atoms with E-state index in [4.69, 9.17) is 15.6 Å². The molecule has 4 nitrogen and oxygen atoms in total. The Balaban J connectivity index is 2.55. The maximum atomic E-state index is 10.9. The second-order valence-corrected chi connectivity index (χ2v) is 3.27. The van der Waals surface area contributed by atoms with E-state index in [1.807, 2.05) is 6.07 Å². The molecule has 1 atom stereocenters. The zero-order chi connectivity index (χ0) is 10.1. The van der Waals surface area contributed by atoms with Crippen molar-refractivity contribution in [2.45, 2.75) is 12.5 Å². The molecule has 2 rings (SSSR count). The number of ether oxygens (including phenoxy) is 1. The van der Waals surface area contributed by atoms with Gasteiger partial charge < -0.3 is 15.6 Å². The Labute approximate surface area is 81.3 Å². The van der Waals surface area contributed by atoms with E-state index in [9.17, 15) is 4.79 Å². The predicted molar refractivity (Wildman–Crippen MR) is 50.4 cm³/mol. The van der Waals surface area contributed by atoms with Crippen LogP contribution in [0.5, 0.6) is 5.75 Å². The SMILES string of the molecule is N[C@H]1CCOc2c(C(=O)O)cccc21. The molecule has 0 fully saturated rings. The molecule has 0 spiro atoms. The van der Waals surface area contributed by atoms with Gasteiger partial charge in [-0.05, 0) is 6.07 Å². The third-order valence-electron chi connectivity index (χ3n) is 2.35. The molecule has 74 valence electrons. The van der Waals surface area contributed by atoms with E-state index in [1.165, 1.54) is 6.07 Å². The lowest BCUT2D eigenvalue weighted by Crippen LogP contribution is -2.22. The lowest BCUT2D eigenvalue weighted by molar-refractivity contribution is 0.0691.